The number of amides is 11. The fraction of sp³-hybridized carbons (Fsp3) is 0.803. The zero-order valence-corrected chi connectivity index (χ0v) is 59.9. The maximum atomic E-state index is 15.1. The highest BCUT2D eigenvalue weighted by Gasteiger charge is 2.45. The summed E-state index contributed by atoms with van der Waals surface area (Å²) in [6.45, 7) is 35.0. The lowest BCUT2D eigenvalue weighted by Gasteiger charge is -2.41. The predicted octanol–water partition coefficient (Wildman–Crippen LogP) is 4.31. The van der Waals surface area contributed by atoms with Gasteiger partial charge in [-0.15, -0.1) is 0 Å². The normalized spacial score (nSPS) is 25.9. The molecular weight excluding hydrogens is 1150 g/mol. The molecule has 1 fully saturated rings. The first-order valence-corrected chi connectivity index (χ1v) is 32.6. The molecular formula is C66H121N11O13. The van der Waals surface area contributed by atoms with Crippen LogP contribution in [0.15, 0.2) is 12.2 Å². The molecule has 0 bridgehead atoms. The molecule has 5 N–H and O–H groups in total. The number of hydrogen-bond donors (Lipinski definition) is 5. The number of rotatable bonds is 17. The molecule has 1 aliphatic rings. The highest BCUT2D eigenvalue weighted by molar-refractivity contribution is 5.99. The van der Waals surface area contributed by atoms with Crippen molar-refractivity contribution in [3.05, 3.63) is 12.2 Å². The highest BCUT2D eigenvalue weighted by Crippen LogP contribution is 2.26. The summed E-state index contributed by atoms with van der Waals surface area (Å²) in [5.74, 6) is -9.71. The first kappa shape index (κ1) is 83.8. The Kier molecular flexibility index (Phi) is 37.2. The standard InChI is InChI=1S/C62H111N11O12.C4H10O/c1-25-27-28-40(15)52(75)51-56(79)65-43(26-2)58(81)67(18)33-48(74)68(19)44(29-34(3)4)55(78)66-49(38(11)12)61(84)69(20)45(30-35(5)6)54(77)63-41(16)53(76)64-42(17)57(80)70(21)46(31-36(7)8)59(82)71(22)47(32-37(9)10)60(83)72(23)50(39(13)14)62(85)73(51)24;1-3-5-4-2/h25,27,34-47,49-52,75H,26,28-33H2,1-24H3,(H,63,77)(H,64,76)(H,65,79)(H,66,78);3-4H2,1-2H3/b27-25+;/t40-,41+,42-,43+,44+,45+,46+,47+,49+,50+,51+,52-;/m1./s1. The van der Waals surface area contributed by atoms with Crippen molar-refractivity contribution in [3.8, 4) is 0 Å². The summed E-state index contributed by atoms with van der Waals surface area (Å²) in [7, 11) is 9.92. The Labute approximate surface area is 540 Å². The molecule has 518 valence electrons. The molecule has 90 heavy (non-hydrogen) atoms. The molecule has 0 aromatic rings. The maximum absolute atomic E-state index is 15.1. The van der Waals surface area contributed by atoms with Gasteiger partial charge >= 0.3 is 0 Å². The first-order chi connectivity index (χ1) is 41.6. The van der Waals surface area contributed by atoms with Gasteiger partial charge in [-0.05, 0) is 115 Å². The summed E-state index contributed by atoms with van der Waals surface area (Å²) in [4.78, 5) is 169. The summed E-state index contributed by atoms with van der Waals surface area (Å²) in [5, 5.41) is 23.1. The van der Waals surface area contributed by atoms with Gasteiger partial charge in [-0.3, -0.25) is 52.7 Å². The van der Waals surface area contributed by atoms with Crippen LogP contribution in [0, 0.1) is 41.4 Å². The van der Waals surface area contributed by atoms with E-state index in [0.717, 1.165) is 23.0 Å². The van der Waals surface area contributed by atoms with Crippen LogP contribution >= 0.6 is 0 Å². The van der Waals surface area contributed by atoms with Crippen molar-refractivity contribution in [2.75, 3.05) is 69.1 Å². The zero-order valence-electron chi connectivity index (χ0n) is 59.9. The molecule has 0 aromatic heterocycles. The van der Waals surface area contributed by atoms with Crippen molar-refractivity contribution >= 4 is 65.0 Å². The van der Waals surface area contributed by atoms with Gasteiger partial charge in [-0.2, -0.15) is 0 Å². The fourth-order valence-corrected chi connectivity index (χ4v) is 10.9. The van der Waals surface area contributed by atoms with Crippen molar-refractivity contribution in [2.24, 2.45) is 41.4 Å². The van der Waals surface area contributed by atoms with E-state index < -0.39 is 156 Å². The number of carbonyl (C=O) groups is 11. The van der Waals surface area contributed by atoms with Gasteiger partial charge in [0.1, 0.15) is 60.4 Å². The summed E-state index contributed by atoms with van der Waals surface area (Å²) in [6.07, 6.45) is 3.04. The van der Waals surface area contributed by atoms with Gasteiger partial charge in [0, 0.05) is 62.5 Å². The number of ether oxygens (including phenoxy) is 1. The predicted molar refractivity (Wildman–Crippen MR) is 351 cm³/mol. The quantitative estimate of drug-likeness (QED) is 0.127. The van der Waals surface area contributed by atoms with Crippen LogP contribution in [-0.2, 0) is 57.5 Å². The minimum atomic E-state index is -1.61. The summed E-state index contributed by atoms with van der Waals surface area (Å²) >= 11 is 0. The van der Waals surface area contributed by atoms with Crippen LogP contribution in [0.25, 0.3) is 0 Å². The van der Waals surface area contributed by atoms with Crippen LogP contribution in [0.3, 0.4) is 0 Å². The van der Waals surface area contributed by atoms with Crippen LogP contribution < -0.4 is 21.3 Å². The molecule has 0 spiro atoms. The number of aliphatic hydroxyl groups is 1. The average Bonchev–Trinajstić information content (AvgIpc) is 1.13. The van der Waals surface area contributed by atoms with Crippen LogP contribution in [0.4, 0.5) is 0 Å². The molecule has 12 atom stereocenters. The first-order valence-electron chi connectivity index (χ1n) is 32.6. The lowest BCUT2D eigenvalue weighted by atomic mass is 9.91. The van der Waals surface area contributed by atoms with Crippen molar-refractivity contribution in [1.29, 1.82) is 0 Å². The van der Waals surface area contributed by atoms with Gasteiger partial charge in [0.05, 0.1) is 12.6 Å². The number of hydrogen-bond acceptors (Lipinski definition) is 13. The lowest BCUT2D eigenvalue weighted by Crippen LogP contribution is -2.63. The SMILES string of the molecule is C/C=C/C[C@@H](C)[C@@H](O)[C@H]1C(=O)N[C@@H](CC)C(=O)N(C)CC(=O)N(C)[C@@H](CC(C)C)C(=O)N[C@@H](C(C)C)C(=O)N(C)[C@@H](CC(C)C)C(=O)N[C@@H](C)C(=O)N[C@H](C)C(=O)N(C)[C@@H](CC(C)C)C(=O)N(C)[C@@H](CC(C)C)C(=O)N(C)[C@@H](C(C)C)C(=O)N1C.CCOCC. The second kappa shape index (κ2) is 39.9. The number of nitrogens with one attached hydrogen (secondary N) is 4. The fourth-order valence-electron chi connectivity index (χ4n) is 10.9. The third-order valence-corrected chi connectivity index (χ3v) is 16.5. The molecule has 0 saturated carbocycles. The molecule has 24 heteroatoms. The van der Waals surface area contributed by atoms with Crippen molar-refractivity contribution < 1.29 is 62.6 Å². The highest BCUT2D eigenvalue weighted by atomic mass is 16.5. The maximum Gasteiger partial charge on any atom is 0.246 e. The van der Waals surface area contributed by atoms with Crippen LogP contribution in [-0.4, -0.2) is 240 Å². The number of likely N-dealkylation sites (N-methyl/N-ethyl adjacent to an activating group) is 7. The molecule has 1 saturated heterocycles. The third-order valence-electron chi connectivity index (χ3n) is 16.5. The van der Waals surface area contributed by atoms with Gasteiger partial charge in [-0.25, -0.2) is 0 Å². The van der Waals surface area contributed by atoms with Gasteiger partial charge in [0.15, 0.2) is 0 Å². The van der Waals surface area contributed by atoms with Crippen LogP contribution in [0.1, 0.15) is 170 Å². The number of carbonyl (C=O) groups excluding carboxylic acids is 11. The molecule has 0 unspecified atom stereocenters. The molecule has 0 radical (unpaired) electrons. The minimum Gasteiger partial charge on any atom is -0.390 e. The van der Waals surface area contributed by atoms with E-state index in [1.165, 1.54) is 87.7 Å². The Balaban J connectivity index is 0.0000152. The van der Waals surface area contributed by atoms with E-state index in [4.69, 9.17) is 4.74 Å². The number of aliphatic hydroxyl groups excluding tert-OH is 1. The van der Waals surface area contributed by atoms with Crippen LogP contribution in [0.5, 0.6) is 0 Å². The number of allylic oxidation sites excluding steroid dienone is 2. The average molecular weight is 1280 g/mol. The van der Waals surface area contributed by atoms with Crippen molar-refractivity contribution in [1.82, 2.24) is 55.6 Å². The van der Waals surface area contributed by atoms with E-state index in [1.807, 2.05) is 75.3 Å². The molecule has 1 rings (SSSR count). The van der Waals surface area contributed by atoms with Crippen LogP contribution in [0.2, 0.25) is 0 Å². The van der Waals surface area contributed by atoms with E-state index in [1.54, 1.807) is 54.5 Å². The van der Waals surface area contributed by atoms with Gasteiger partial charge in [0.2, 0.25) is 65.0 Å². The van der Waals surface area contributed by atoms with Crippen molar-refractivity contribution in [3.63, 3.8) is 0 Å². The van der Waals surface area contributed by atoms with E-state index in [2.05, 4.69) is 21.3 Å². The molecule has 24 nitrogen and oxygen atoms in total. The van der Waals surface area contributed by atoms with Crippen molar-refractivity contribution in [2.45, 2.75) is 237 Å². The second-order valence-electron chi connectivity index (χ2n) is 26.9. The van der Waals surface area contributed by atoms with Gasteiger partial charge in [-0.1, -0.05) is 109 Å². The Morgan fingerprint density at radius 1 is 0.467 bits per heavy atom. The van der Waals surface area contributed by atoms with E-state index >= 15 is 9.59 Å². The number of nitrogens with zero attached hydrogens (tertiary/aromatic N) is 7. The van der Waals surface area contributed by atoms with E-state index in [0.29, 0.717) is 6.42 Å². The summed E-state index contributed by atoms with van der Waals surface area (Å²) in [6, 6.07) is -12.3. The van der Waals surface area contributed by atoms with Gasteiger partial charge < -0.3 is 65.4 Å². The minimum absolute atomic E-state index is 0.0229. The monoisotopic (exact) mass is 1280 g/mol. The Bertz CT molecular complexity index is 2380. The largest absolute Gasteiger partial charge is 0.390 e. The molecule has 0 aliphatic carbocycles. The molecule has 1 heterocycles. The molecule has 11 amide bonds. The Morgan fingerprint density at radius 2 is 0.878 bits per heavy atom. The third kappa shape index (κ3) is 25.1. The lowest BCUT2D eigenvalue weighted by molar-refractivity contribution is -0.157. The van der Waals surface area contributed by atoms with Gasteiger partial charge in [0.25, 0.3) is 0 Å². The molecule has 1 aliphatic heterocycles. The van der Waals surface area contributed by atoms with E-state index in [-0.39, 0.29) is 55.8 Å². The summed E-state index contributed by atoms with van der Waals surface area (Å²) < 4.78 is 4.83. The Morgan fingerprint density at radius 3 is 1.30 bits per heavy atom. The van der Waals surface area contributed by atoms with E-state index in [9.17, 15) is 48.3 Å². The Hall–Kier alpha value is -6.17. The second-order valence-corrected chi connectivity index (χ2v) is 26.9. The zero-order chi connectivity index (χ0) is 70.1. The summed E-state index contributed by atoms with van der Waals surface area (Å²) in [5.41, 5.74) is 0. The molecule has 0 aromatic carbocycles. The topological polar surface area (TPSA) is 288 Å². The smallest absolute Gasteiger partial charge is 0.246 e.